The molecule has 120 valence electrons. The summed E-state index contributed by atoms with van der Waals surface area (Å²) in [5, 5.41) is 9.24. The number of hydrogen-bond acceptors (Lipinski definition) is 5. The van der Waals surface area contributed by atoms with Gasteiger partial charge in [-0.05, 0) is 18.6 Å². The van der Waals surface area contributed by atoms with Gasteiger partial charge in [0.15, 0.2) is 5.58 Å². The first-order valence-electron chi connectivity index (χ1n) is 6.71. The lowest BCUT2D eigenvalue weighted by atomic mass is 10.2. The lowest BCUT2D eigenvalue weighted by molar-refractivity contribution is 0.213. The van der Waals surface area contributed by atoms with Crippen LogP contribution in [0.1, 0.15) is 6.42 Å². The number of nitrogens with zero attached hydrogens (tertiary/aromatic N) is 2. The first kappa shape index (κ1) is 15.2. The van der Waals surface area contributed by atoms with Crippen molar-refractivity contribution >= 4 is 21.1 Å². The van der Waals surface area contributed by atoms with E-state index in [0.29, 0.717) is 5.52 Å². The van der Waals surface area contributed by atoms with E-state index < -0.39 is 34.6 Å². The van der Waals surface area contributed by atoms with E-state index in [9.17, 15) is 22.7 Å². The van der Waals surface area contributed by atoms with Crippen LogP contribution in [-0.4, -0.2) is 47.8 Å². The quantitative estimate of drug-likeness (QED) is 0.869. The zero-order valence-electron chi connectivity index (χ0n) is 11.8. The van der Waals surface area contributed by atoms with Gasteiger partial charge in [0.25, 0.3) is 0 Å². The SMILES string of the molecule is Cn1c(=O)oc2cc(S(=O)(=O)N3C[C@@H](F)C[C@H]3CO)ccc21. The fourth-order valence-corrected chi connectivity index (χ4v) is 4.37. The summed E-state index contributed by atoms with van der Waals surface area (Å²) in [6.45, 7) is -0.730. The molecule has 7 nitrogen and oxygen atoms in total. The molecule has 3 rings (SSSR count). The molecule has 0 amide bonds. The second-order valence-electron chi connectivity index (χ2n) is 5.30. The molecule has 0 spiro atoms. The van der Waals surface area contributed by atoms with Crippen LogP contribution in [0.2, 0.25) is 0 Å². The van der Waals surface area contributed by atoms with E-state index in [1.165, 1.54) is 29.8 Å². The zero-order chi connectivity index (χ0) is 16.1. The van der Waals surface area contributed by atoms with Gasteiger partial charge >= 0.3 is 5.76 Å². The number of alkyl halides is 1. The maximum atomic E-state index is 13.5. The monoisotopic (exact) mass is 330 g/mol. The molecule has 2 heterocycles. The third-order valence-electron chi connectivity index (χ3n) is 3.89. The van der Waals surface area contributed by atoms with Crippen LogP contribution in [0.15, 0.2) is 32.3 Å². The Morgan fingerprint density at radius 3 is 2.86 bits per heavy atom. The van der Waals surface area contributed by atoms with Crippen molar-refractivity contribution in [1.82, 2.24) is 8.87 Å². The van der Waals surface area contributed by atoms with E-state index >= 15 is 0 Å². The number of aliphatic hydroxyl groups is 1. The van der Waals surface area contributed by atoms with E-state index in [-0.39, 0.29) is 23.4 Å². The minimum atomic E-state index is -3.97. The summed E-state index contributed by atoms with van der Waals surface area (Å²) in [5.41, 5.74) is 0.609. The minimum absolute atomic E-state index is 0.0294. The van der Waals surface area contributed by atoms with Gasteiger partial charge in [-0.1, -0.05) is 0 Å². The number of oxazole rings is 1. The molecule has 2 atom stereocenters. The summed E-state index contributed by atoms with van der Waals surface area (Å²) in [4.78, 5) is 11.4. The Kier molecular flexibility index (Phi) is 3.58. The number of fused-ring (bicyclic) bond motifs is 1. The van der Waals surface area contributed by atoms with Gasteiger partial charge in [0.1, 0.15) is 6.17 Å². The molecule has 0 bridgehead atoms. The first-order valence-corrected chi connectivity index (χ1v) is 8.15. The molecule has 0 radical (unpaired) electrons. The molecule has 9 heteroatoms. The molecule has 2 aromatic rings. The number of hydrogen-bond donors (Lipinski definition) is 1. The average molecular weight is 330 g/mol. The van der Waals surface area contributed by atoms with Crippen LogP contribution in [0, 0.1) is 0 Å². The topological polar surface area (TPSA) is 92.8 Å². The molecule has 0 saturated carbocycles. The Morgan fingerprint density at radius 2 is 2.18 bits per heavy atom. The van der Waals surface area contributed by atoms with Crippen molar-refractivity contribution < 1.29 is 22.3 Å². The maximum Gasteiger partial charge on any atom is 0.419 e. The molecule has 1 aliphatic heterocycles. The van der Waals surface area contributed by atoms with Crippen molar-refractivity contribution in [2.45, 2.75) is 23.5 Å². The molecule has 22 heavy (non-hydrogen) atoms. The lowest BCUT2D eigenvalue weighted by Gasteiger charge is -2.21. The highest BCUT2D eigenvalue weighted by Gasteiger charge is 2.40. The van der Waals surface area contributed by atoms with Crippen molar-refractivity contribution in [3.05, 3.63) is 28.7 Å². The predicted molar refractivity (Wildman–Crippen MR) is 75.7 cm³/mol. The van der Waals surface area contributed by atoms with Crippen LogP contribution in [0.5, 0.6) is 0 Å². The summed E-state index contributed by atoms with van der Waals surface area (Å²) < 4.78 is 45.9. The number of sulfonamides is 1. The van der Waals surface area contributed by atoms with Crippen LogP contribution in [-0.2, 0) is 17.1 Å². The third kappa shape index (κ3) is 2.25. The van der Waals surface area contributed by atoms with Crippen LogP contribution < -0.4 is 5.76 Å². The Balaban J connectivity index is 2.07. The van der Waals surface area contributed by atoms with Crippen molar-refractivity contribution in [2.24, 2.45) is 7.05 Å². The molecular weight excluding hydrogens is 315 g/mol. The van der Waals surface area contributed by atoms with Crippen LogP contribution >= 0.6 is 0 Å². The molecule has 1 aromatic heterocycles. The molecule has 1 aliphatic rings. The molecule has 1 saturated heterocycles. The van der Waals surface area contributed by atoms with Gasteiger partial charge in [-0.3, -0.25) is 4.57 Å². The largest absolute Gasteiger partial charge is 0.419 e. The number of aliphatic hydroxyl groups excluding tert-OH is 1. The minimum Gasteiger partial charge on any atom is -0.408 e. The number of benzene rings is 1. The van der Waals surface area contributed by atoms with E-state index in [0.717, 1.165) is 4.31 Å². The molecule has 1 fully saturated rings. The second-order valence-corrected chi connectivity index (χ2v) is 7.19. The Hall–Kier alpha value is -1.71. The fraction of sp³-hybridized carbons (Fsp3) is 0.462. The fourth-order valence-electron chi connectivity index (χ4n) is 2.70. The van der Waals surface area contributed by atoms with E-state index in [1.54, 1.807) is 0 Å². The highest BCUT2D eigenvalue weighted by atomic mass is 32.2. The van der Waals surface area contributed by atoms with Crippen LogP contribution in [0.25, 0.3) is 11.1 Å². The Morgan fingerprint density at radius 1 is 1.45 bits per heavy atom. The van der Waals surface area contributed by atoms with E-state index in [2.05, 4.69) is 0 Å². The van der Waals surface area contributed by atoms with Gasteiger partial charge < -0.3 is 9.52 Å². The Labute approximate surface area is 125 Å². The molecule has 1 aromatic carbocycles. The predicted octanol–water partition coefficient (Wildman–Crippen LogP) is 0.225. The van der Waals surface area contributed by atoms with Crippen molar-refractivity contribution in [1.29, 1.82) is 0 Å². The van der Waals surface area contributed by atoms with Crippen LogP contribution in [0.4, 0.5) is 4.39 Å². The van der Waals surface area contributed by atoms with Gasteiger partial charge in [-0.2, -0.15) is 4.31 Å². The summed E-state index contributed by atoms with van der Waals surface area (Å²) in [6, 6.07) is 3.27. The molecule has 0 aliphatic carbocycles. The summed E-state index contributed by atoms with van der Waals surface area (Å²) >= 11 is 0. The number of rotatable bonds is 3. The second kappa shape index (κ2) is 5.18. The number of aryl methyl sites for hydroxylation is 1. The smallest absolute Gasteiger partial charge is 0.408 e. The van der Waals surface area contributed by atoms with E-state index in [4.69, 9.17) is 4.42 Å². The number of aromatic nitrogens is 1. The summed E-state index contributed by atoms with van der Waals surface area (Å²) in [5.74, 6) is -0.595. The van der Waals surface area contributed by atoms with Gasteiger partial charge in [0, 0.05) is 19.7 Å². The van der Waals surface area contributed by atoms with Crippen LogP contribution in [0.3, 0.4) is 0 Å². The van der Waals surface area contributed by atoms with E-state index in [1.807, 2.05) is 0 Å². The summed E-state index contributed by atoms with van der Waals surface area (Å²) in [6.07, 6.45) is -1.33. The normalized spacial score (nSPS) is 23.4. The molecule has 0 unspecified atom stereocenters. The summed E-state index contributed by atoms with van der Waals surface area (Å²) in [7, 11) is -2.45. The molecular formula is C13H15FN2O5S. The van der Waals surface area contributed by atoms with Gasteiger partial charge in [-0.25, -0.2) is 17.6 Å². The average Bonchev–Trinajstić information content (AvgIpc) is 3.00. The zero-order valence-corrected chi connectivity index (χ0v) is 12.6. The first-order chi connectivity index (χ1) is 10.3. The van der Waals surface area contributed by atoms with Crippen molar-refractivity contribution in [3.8, 4) is 0 Å². The number of halogens is 1. The standard InChI is InChI=1S/C13H15FN2O5S/c1-15-11-3-2-10(5-12(11)21-13(15)18)22(19,20)16-6-8(14)4-9(16)7-17/h2-3,5,8-9,17H,4,6-7H2,1H3/t8-,9-/m0/s1. The van der Waals surface area contributed by atoms with Gasteiger partial charge in [0.2, 0.25) is 10.0 Å². The van der Waals surface area contributed by atoms with Gasteiger partial charge in [0.05, 0.1) is 23.1 Å². The van der Waals surface area contributed by atoms with Gasteiger partial charge in [-0.15, -0.1) is 0 Å². The third-order valence-corrected chi connectivity index (χ3v) is 5.81. The highest BCUT2D eigenvalue weighted by Crippen LogP contribution is 2.29. The lowest BCUT2D eigenvalue weighted by Crippen LogP contribution is -2.37. The molecule has 1 N–H and O–H groups in total. The maximum absolute atomic E-state index is 13.5. The van der Waals surface area contributed by atoms with Crippen molar-refractivity contribution in [3.63, 3.8) is 0 Å². The Bertz CT molecular complexity index is 872. The highest BCUT2D eigenvalue weighted by molar-refractivity contribution is 7.89. The van der Waals surface area contributed by atoms with Crippen molar-refractivity contribution in [2.75, 3.05) is 13.2 Å².